The second-order valence-corrected chi connectivity index (χ2v) is 4.86. The van der Waals surface area contributed by atoms with Crippen molar-refractivity contribution in [3.05, 3.63) is 24.4 Å². The van der Waals surface area contributed by atoms with Crippen molar-refractivity contribution in [1.82, 2.24) is 14.6 Å². The van der Waals surface area contributed by atoms with E-state index in [-0.39, 0.29) is 11.9 Å². The Morgan fingerprint density at radius 2 is 2.33 bits per heavy atom. The summed E-state index contributed by atoms with van der Waals surface area (Å²) in [5.74, 6) is 0.318. The van der Waals surface area contributed by atoms with Crippen LogP contribution in [0.25, 0.3) is 5.65 Å². The Hall–Kier alpha value is -1.56. The van der Waals surface area contributed by atoms with Gasteiger partial charge in [-0.1, -0.05) is 24.8 Å². The third kappa shape index (κ3) is 2.81. The zero-order valence-corrected chi connectivity index (χ0v) is 11.2. The molecule has 0 bridgehead atoms. The summed E-state index contributed by atoms with van der Waals surface area (Å²) in [4.78, 5) is 11.5. The summed E-state index contributed by atoms with van der Waals surface area (Å²) in [7, 11) is 0. The van der Waals surface area contributed by atoms with Crippen molar-refractivity contribution in [1.29, 1.82) is 0 Å². The van der Waals surface area contributed by atoms with E-state index >= 15 is 0 Å². The molecule has 1 unspecified atom stereocenters. The summed E-state index contributed by atoms with van der Waals surface area (Å²) in [6.45, 7) is 4.08. The lowest BCUT2D eigenvalue weighted by Crippen LogP contribution is -2.16. The highest BCUT2D eigenvalue weighted by Gasteiger charge is 2.15. The van der Waals surface area contributed by atoms with Crippen molar-refractivity contribution in [3.63, 3.8) is 0 Å². The molecular formula is C12H15N3O2S. The summed E-state index contributed by atoms with van der Waals surface area (Å²) in [6.07, 6.45) is 1.91. The molecule has 0 radical (unpaired) electrons. The maximum absolute atomic E-state index is 11.5. The fourth-order valence-corrected chi connectivity index (χ4v) is 2.40. The molecule has 2 heterocycles. The Kier molecular flexibility index (Phi) is 4.19. The number of nitrogens with zero attached hydrogens (tertiary/aromatic N) is 3. The van der Waals surface area contributed by atoms with Crippen LogP contribution in [0.4, 0.5) is 0 Å². The van der Waals surface area contributed by atoms with Gasteiger partial charge in [0.2, 0.25) is 0 Å². The maximum atomic E-state index is 11.5. The number of esters is 1. The molecule has 18 heavy (non-hydrogen) atoms. The minimum atomic E-state index is -0.168. The van der Waals surface area contributed by atoms with E-state index in [2.05, 4.69) is 10.2 Å². The summed E-state index contributed by atoms with van der Waals surface area (Å²) < 4.78 is 6.87. The van der Waals surface area contributed by atoms with Crippen LogP contribution in [0.1, 0.15) is 13.8 Å². The summed E-state index contributed by atoms with van der Waals surface area (Å²) >= 11 is 1.51. The molecule has 0 N–H and O–H groups in total. The number of rotatable bonds is 5. The molecule has 96 valence electrons. The van der Waals surface area contributed by atoms with Gasteiger partial charge in [-0.2, -0.15) is 0 Å². The smallest absolute Gasteiger partial charge is 0.309 e. The highest BCUT2D eigenvalue weighted by Crippen LogP contribution is 2.20. The van der Waals surface area contributed by atoms with Crippen molar-refractivity contribution < 1.29 is 9.53 Å². The van der Waals surface area contributed by atoms with Gasteiger partial charge in [0.15, 0.2) is 10.8 Å². The van der Waals surface area contributed by atoms with Crippen molar-refractivity contribution >= 4 is 23.4 Å². The van der Waals surface area contributed by atoms with Crippen LogP contribution in [0.3, 0.4) is 0 Å². The van der Waals surface area contributed by atoms with Crippen molar-refractivity contribution in [2.75, 3.05) is 12.4 Å². The lowest BCUT2D eigenvalue weighted by Gasteiger charge is -2.08. The minimum Gasteiger partial charge on any atom is -0.466 e. The van der Waals surface area contributed by atoms with E-state index in [9.17, 15) is 4.79 Å². The molecule has 5 nitrogen and oxygen atoms in total. The van der Waals surface area contributed by atoms with Gasteiger partial charge >= 0.3 is 5.97 Å². The predicted molar refractivity (Wildman–Crippen MR) is 69.5 cm³/mol. The average molecular weight is 265 g/mol. The second-order valence-electron chi connectivity index (χ2n) is 3.88. The first-order valence-corrected chi connectivity index (χ1v) is 6.80. The van der Waals surface area contributed by atoms with Gasteiger partial charge in [-0.15, -0.1) is 10.2 Å². The van der Waals surface area contributed by atoms with Gasteiger partial charge in [-0.25, -0.2) is 0 Å². The highest BCUT2D eigenvalue weighted by molar-refractivity contribution is 7.99. The second kappa shape index (κ2) is 5.86. The van der Waals surface area contributed by atoms with Gasteiger partial charge < -0.3 is 4.74 Å². The van der Waals surface area contributed by atoms with Gasteiger partial charge in [-0.05, 0) is 19.1 Å². The molecule has 6 heteroatoms. The zero-order chi connectivity index (χ0) is 13.0. The summed E-state index contributed by atoms with van der Waals surface area (Å²) in [5.41, 5.74) is 0.809. The summed E-state index contributed by atoms with van der Waals surface area (Å²) in [6, 6.07) is 5.74. The fraction of sp³-hybridized carbons (Fsp3) is 0.417. The Morgan fingerprint density at radius 1 is 1.50 bits per heavy atom. The standard InChI is InChI=1S/C12H15N3O2S/c1-3-17-11(16)9(2)8-18-12-14-13-10-6-4-5-7-15(10)12/h4-7,9H,3,8H2,1-2H3. The molecule has 0 spiro atoms. The molecule has 2 rings (SSSR count). The molecular weight excluding hydrogens is 250 g/mol. The van der Waals surface area contributed by atoms with Crippen LogP contribution in [0.15, 0.2) is 29.6 Å². The molecule has 0 aliphatic rings. The molecule has 2 aromatic rings. The van der Waals surface area contributed by atoms with Crippen LogP contribution in [0, 0.1) is 5.92 Å². The van der Waals surface area contributed by atoms with E-state index in [1.807, 2.05) is 42.6 Å². The van der Waals surface area contributed by atoms with Gasteiger partial charge in [-0.3, -0.25) is 9.20 Å². The normalized spacial score (nSPS) is 12.6. The monoisotopic (exact) mass is 265 g/mol. The van der Waals surface area contributed by atoms with Crippen molar-refractivity contribution in [2.24, 2.45) is 5.92 Å². The third-order valence-corrected chi connectivity index (χ3v) is 3.64. The van der Waals surface area contributed by atoms with Gasteiger partial charge in [0.05, 0.1) is 12.5 Å². The van der Waals surface area contributed by atoms with Crippen LogP contribution in [0.5, 0.6) is 0 Å². The van der Waals surface area contributed by atoms with E-state index < -0.39 is 0 Å². The number of aromatic nitrogens is 3. The van der Waals surface area contributed by atoms with E-state index in [1.54, 1.807) is 0 Å². The SMILES string of the molecule is CCOC(=O)C(C)CSc1nnc2ccccn12. The number of hydrogen-bond donors (Lipinski definition) is 0. The molecule has 0 saturated carbocycles. The van der Waals surface area contributed by atoms with E-state index in [0.29, 0.717) is 12.4 Å². The van der Waals surface area contributed by atoms with E-state index in [0.717, 1.165) is 10.8 Å². The maximum Gasteiger partial charge on any atom is 0.309 e. The quantitative estimate of drug-likeness (QED) is 0.611. The fourth-order valence-electron chi connectivity index (χ4n) is 1.47. The van der Waals surface area contributed by atoms with Crippen LogP contribution in [-0.2, 0) is 9.53 Å². The number of hydrogen-bond acceptors (Lipinski definition) is 5. The number of carbonyl (C=O) groups excluding carboxylic acids is 1. The summed E-state index contributed by atoms with van der Waals surface area (Å²) in [5, 5.41) is 8.94. The first-order chi connectivity index (χ1) is 8.72. The Balaban J connectivity index is 2.00. The Labute approximate surface area is 110 Å². The lowest BCUT2D eigenvalue weighted by atomic mass is 10.2. The lowest BCUT2D eigenvalue weighted by molar-refractivity contribution is -0.146. The van der Waals surface area contributed by atoms with Crippen LogP contribution in [-0.4, -0.2) is 32.9 Å². The van der Waals surface area contributed by atoms with Gasteiger partial charge in [0.25, 0.3) is 0 Å². The molecule has 0 amide bonds. The molecule has 0 aliphatic heterocycles. The number of ether oxygens (including phenoxy) is 1. The Morgan fingerprint density at radius 3 is 3.11 bits per heavy atom. The average Bonchev–Trinajstić information content (AvgIpc) is 2.79. The van der Waals surface area contributed by atoms with Crippen LogP contribution < -0.4 is 0 Å². The number of pyridine rings is 1. The first kappa shape index (κ1) is 12.9. The van der Waals surface area contributed by atoms with E-state index in [4.69, 9.17) is 4.74 Å². The molecule has 0 saturated heterocycles. The minimum absolute atomic E-state index is 0.147. The topological polar surface area (TPSA) is 56.5 Å². The molecule has 2 aromatic heterocycles. The largest absolute Gasteiger partial charge is 0.466 e. The molecule has 0 aromatic carbocycles. The first-order valence-electron chi connectivity index (χ1n) is 5.81. The van der Waals surface area contributed by atoms with Crippen molar-refractivity contribution in [2.45, 2.75) is 19.0 Å². The molecule has 0 aliphatic carbocycles. The number of thioether (sulfide) groups is 1. The highest BCUT2D eigenvalue weighted by atomic mass is 32.2. The molecule has 1 atom stereocenters. The third-order valence-electron chi connectivity index (χ3n) is 2.43. The molecule has 0 fully saturated rings. The van der Waals surface area contributed by atoms with Crippen molar-refractivity contribution in [3.8, 4) is 0 Å². The van der Waals surface area contributed by atoms with Crippen LogP contribution >= 0.6 is 11.8 Å². The van der Waals surface area contributed by atoms with Gasteiger partial charge in [0, 0.05) is 11.9 Å². The Bertz CT molecular complexity index is 541. The predicted octanol–water partition coefficient (Wildman–Crippen LogP) is 2.02. The number of carbonyl (C=O) groups is 1. The number of fused-ring (bicyclic) bond motifs is 1. The zero-order valence-electron chi connectivity index (χ0n) is 10.4. The van der Waals surface area contributed by atoms with Gasteiger partial charge in [0.1, 0.15) is 0 Å². The van der Waals surface area contributed by atoms with Crippen LogP contribution in [0.2, 0.25) is 0 Å². The van der Waals surface area contributed by atoms with E-state index in [1.165, 1.54) is 11.8 Å².